The maximum absolute atomic E-state index is 12.6. The van der Waals surface area contributed by atoms with Crippen LogP contribution >= 0.6 is 0 Å². The summed E-state index contributed by atoms with van der Waals surface area (Å²) in [5.41, 5.74) is 1.29. The number of nitrogens with zero attached hydrogens (tertiary/aromatic N) is 6. The third-order valence-electron chi connectivity index (χ3n) is 5.98. The smallest absolute Gasteiger partial charge is 0.332 e. The van der Waals surface area contributed by atoms with Gasteiger partial charge in [-0.25, -0.2) is 9.78 Å². The number of aromatic nitrogens is 4. The summed E-state index contributed by atoms with van der Waals surface area (Å²) in [6, 6.07) is 10.4. The van der Waals surface area contributed by atoms with Crippen LogP contribution in [0.25, 0.3) is 11.2 Å². The predicted molar refractivity (Wildman–Crippen MR) is 118 cm³/mol. The van der Waals surface area contributed by atoms with E-state index in [1.165, 1.54) is 17.2 Å². The molecule has 3 heterocycles. The largest absolute Gasteiger partial charge is 0.340 e. The van der Waals surface area contributed by atoms with Crippen molar-refractivity contribution in [3.8, 4) is 0 Å². The van der Waals surface area contributed by atoms with Crippen molar-refractivity contribution in [2.75, 3.05) is 26.2 Å². The summed E-state index contributed by atoms with van der Waals surface area (Å²) in [5.74, 6) is 0.143. The number of fused-ring (bicyclic) bond motifs is 1. The van der Waals surface area contributed by atoms with Gasteiger partial charge in [0.05, 0.1) is 6.33 Å². The molecule has 31 heavy (non-hydrogen) atoms. The van der Waals surface area contributed by atoms with Gasteiger partial charge in [-0.15, -0.1) is 0 Å². The zero-order valence-electron chi connectivity index (χ0n) is 18.0. The van der Waals surface area contributed by atoms with Gasteiger partial charge in [-0.3, -0.25) is 23.6 Å². The second-order valence-corrected chi connectivity index (χ2v) is 8.06. The van der Waals surface area contributed by atoms with Crippen molar-refractivity contribution in [1.82, 2.24) is 28.5 Å². The lowest BCUT2D eigenvalue weighted by Crippen LogP contribution is -2.48. The van der Waals surface area contributed by atoms with Crippen LogP contribution < -0.4 is 11.2 Å². The van der Waals surface area contributed by atoms with Gasteiger partial charge in [0.2, 0.25) is 5.91 Å². The van der Waals surface area contributed by atoms with Gasteiger partial charge in [0, 0.05) is 59.8 Å². The molecule has 0 saturated carbocycles. The van der Waals surface area contributed by atoms with E-state index < -0.39 is 5.69 Å². The third-order valence-corrected chi connectivity index (χ3v) is 5.98. The van der Waals surface area contributed by atoms with Crippen LogP contribution in [-0.2, 0) is 32.0 Å². The Labute approximate surface area is 180 Å². The second kappa shape index (κ2) is 8.89. The van der Waals surface area contributed by atoms with Crippen LogP contribution in [0.15, 0.2) is 46.2 Å². The van der Waals surface area contributed by atoms with Gasteiger partial charge in [0.25, 0.3) is 5.56 Å². The lowest BCUT2D eigenvalue weighted by atomic mass is 10.2. The number of imidazole rings is 1. The Morgan fingerprint density at radius 3 is 2.42 bits per heavy atom. The van der Waals surface area contributed by atoms with Crippen molar-refractivity contribution in [2.45, 2.75) is 25.9 Å². The molecule has 0 N–H and O–H groups in total. The molecule has 164 valence electrons. The van der Waals surface area contributed by atoms with E-state index in [9.17, 15) is 14.4 Å². The molecule has 0 radical (unpaired) electrons. The van der Waals surface area contributed by atoms with Crippen LogP contribution in [0, 0.1) is 0 Å². The number of piperazine rings is 1. The fourth-order valence-corrected chi connectivity index (χ4v) is 4.12. The van der Waals surface area contributed by atoms with E-state index in [-0.39, 0.29) is 11.5 Å². The van der Waals surface area contributed by atoms with Gasteiger partial charge in [-0.2, -0.15) is 0 Å². The number of benzene rings is 1. The third kappa shape index (κ3) is 4.32. The van der Waals surface area contributed by atoms with Crippen LogP contribution in [-0.4, -0.2) is 60.6 Å². The molecule has 9 heteroatoms. The average Bonchev–Trinajstić information content (AvgIpc) is 3.21. The highest BCUT2D eigenvalue weighted by Gasteiger charge is 2.21. The fourth-order valence-electron chi connectivity index (χ4n) is 4.12. The first-order chi connectivity index (χ1) is 15.0. The summed E-state index contributed by atoms with van der Waals surface area (Å²) in [5, 5.41) is 0. The van der Waals surface area contributed by atoms with E-state index in [0.717, 1.165) is 37.3 Å². The van der Waals surface area contributed by atoms with Crippen molar-refractivity contribution in [3.63, 3.8) is 0 Å². The summed E-state index contributed by atoms with van der Waals surface area (Å²) in [4.78, 5) is 45.7. The fraction of sp³-hybridized carbons (Fsp3) is 0.455. The Morgan fingerprint density at radius 2 is 1.71 bits per heavy atom. The van der Waals surface area contributed by atoms with Crippen LogP contribution in [0.4, 0.5) is 0 Å². The minimum atomic E-state index is -0.399. The molecule has 0 aliphatic carbocycles. The minimum Gasteiger partial charge on any atom is -0.340 e. The van der Waals surface area contributed by atoms with Gasteiger partial charge in [0.1, 0.15) is 0 Å². The highest BCUT2D eigenvalue weighted by molar-refractivity contribution is 5.76. The Kier molecular flexibility index (Phi) is 6.03. The Bertz CT molecular complexity index is 1190. The molecule has 1 aliphatic heterocycles. The summed E-state index contributed by atoms with van der Waals surface area (Å²) in [7, 11) is 3.06. The highest BCUT2D eigenvalue weighted by Crippen LogP contribution is 2.11. The van der Waals surface area contributed by atoms with Crippen LogP contribution in [0.3, 0.4) is 0 Å². The van der Waals surface area contributed by atoms with E-state index in [1.54, 1.807) is 17.9 Å². The molecule has 1 fully saturated rings. The minimum absolute atomic E-state index is 0.143. The maximum atomic E-state index is 12.6. The number of hydrogen-bond acceptors (Lipinski definition) is 5. The SMILES string of the molecule is Cn1c(=O)c2c(ncn2CCCC(=O)N2CCN(Cc3ccccc3)CC2)n(C)c1=O. The predicted octanol–water partition coefficient (Wildman–Crippen LogP) is 0.558. The summed E-state index contributed by atoms with van der Waals surface area (Å²) in [6.45, 7) is 4.63. The molecule has 0 unspecified atom stereocenters. The van der Waals surface area contributed by atoms with E-state index in [4.69, 9.17) is 0 Å². The molecule has 3 aromatic rings. The Hall–Kier alpha value is -3.20. The number of rotatable bonds is 6. The van der Waals surface area contributed by atoms with Gasteiger partial charge in [-0.05, 0) is 12.0 Å². The molecule has 1 saturated heterocycles. The summed E-state index contributed by atoms with van der Waals surface area (Å²) < 4.78 is 4.19. The first kappa shape index (κ1) is 21.0. The molecule has 4 rings (SSSR count). The normalized spacial score (nSPS) is 15.0. The van der Waals surface area contributed by atoms with Crippen molar-refractivity contribution in [1.29, 1.82) is 0 Å². The second-order valence-electron chi connectivity index (χ2n) is 8.06. The topological polar surface area (TPSA) is 85.4 Å². The van der Waals surface area contributed by atoms with Crippen molar-refractivity contribution < 1.29 is 4.79 Å². The maximum Gasteiger partial charge on any atom is 0.332 e. The van der Waals surface area contributed by atoms with Crippen LogP contribution in [0.1, 0.15) is 18.4 Å². The molecular formula is C22H28N6O3. The zero-order chi connectivity index (χ0) is 22.0. The van der Waals surface area contributed by atoms with Crippen LogP contribution in [0.2, 0.25) is 0 Å². The molecular weight excluding hydrogens is 396 g/mol. The summed E-state index contributed by atoms with van der Waals surface area (Å²) >= 11 is 0. The quantitative estimate of drug-likeness (QED) is 0.577. The van der Waals surface area contributed by atoms with Gasteiger partial charge in [-0.1, -0.05) is 30.3 Å². The number of amides is 1. The lowest BCUT2D eigenvalue weighted by Gasteiger charge is -2.34. The molecule has 2 aromatic heterocycles. The van der Waals surface area contributed by atoms with Crippen molar-refractivity contribution >= 4 is 17.1 Å². The molecule has 1 amide bonds. The molecule has 1 aromatic carbocycles. The van der Waals surface area contributed by atoms with Gasteiger partial charge in [0.15, 0.2) is 11.2 Å². The highest BCUT2D eigenvalue weighted by atomic mass is 16.2. The van der Waals surface area contributed by atoms with E-state index in [0.29, 0.717) is 30.6 Å². The average molecular weight is 425 g/mol. The number of aryl methyl sites for hydroxylation is 2. The van der Waals surface area contributed by atoms with Crippen molar-refractivity contribution in [3.05, 3.63) is 63.1 Å². The number of carbonyl (C=O) groups excluding carboxylic acids is 1. The van der Waals surface area contributed by atoms with E-state index >= 15 is 0 Å². The summed E-state index contributed by atoms with van der Waals surface area (Å²) in [6.07, 6.45) is 2.60. The van der Waals surface area contributed by atoms with E-state index in [1.807, 2.05) is 23.1 Å². The monoisotopic (exact) mass is 424 g/mol. The van der Waals surface area contributed by atoms with Gasteiger partial charge < -0.3 is 9.47 Å². The van der Waals surface area contributed by atoms with Crippen molar-refractivity contribution in [2.24, 2.45) is 14.1 Å². The standard InChI is InChI=1S/C22H28N6O3/c1-24-20-19(21(30)25(2)22(24)31)28(16-23-20)10-6-9-18(29)27-13-11-26(12-14-27)15-17-7-4-3-5-8-17/h3-5,7-8,16H,6,9-15H2,1-2H3. The molecule has 0 spiro atoms. The molecule has 0 atom stereocenters. The van der Waals surface area contributed by atoms with E-state index in [2.05, 4.69) is 22.0 Å². The molecule has 1 aliphatic rings. The number of carbonyl (C=O) groups is 1. The first-order valence-electron chi connectivity index (χ1n) is 10.6. The Balaban J connectivity index is 1.30. The Morgan fingerprint density at radius 1 is 1.00 bits per heavy atom. The van der Waals surface area contributed by atoms with Crippen LogP contribution in [0.5, 0.6) is 0 Å². The number of hydrogen-bond donors (Lipinski definition) is 0. The lowest BCUT2D eigenvalue weighted by molar-refractivity contribution is -0.133. The van der Waals surface area contributed by atoms with Gasteiger partial charge >= 0.3 is 5.69 Å². The zero-order valence-corrected chi connectivity index (χ0v) is 18.0. The molecule has 0 bridgehead atoms. The first-order valence-corrected chi connectivity index (χ1v) is 10.6. The molecule has 9 nitrogen and oxygen atoms in total.